The lowest BCUT2D eigenvalue weighted by Gasteiger charge is -1.94. The summed E-state index contributed by atoms with van der Waals surface area (Å²) in [6.45, 7) is 3.88. The number of rotatable bonds is 3. The molecule has 0 bridgehead atoms. The number of furan rings is 1. The predicted molar refractivity (Wildman–Crippen MR) is 60.5 cm³/mol. The topological polar surface area (TPSA) is 30.2 Å². The van der Waals surface area contributed by atoms with Gasteiger partial charge >= 0.3 is 0 Å². The highest BCUT2D eigenvalue weighted by atomic mass is 32.1. The van der Waals surface area contributed by atoms with Gasteiger partial charge in [0.05, 0.1) is 0 Å². The number of Topliss-reactive ketones (excluding diaryl/α,β-unsaturated/α-hetero) is 1. The van der Waals surface area contributed by atoms with E-state index in [-0.39, 0.29) is 5.78 Å². The lowest BCUT2D eigenvalue weighted by molar-refractivity contribution is 0.0965. The van der Waals surface area contributed by atoms with Crippen LogP contribution in [0, 0.1) is 13.8 Å². The fourth-order valence-electron chi connectivity index (χ4n) is 1.45. The molecule has 2 heterocycles. The molecule has 0 radical (unpaired) electrons. The van der Waals surface area contributed by atoms with Crippen molar-refractivity contribution in [3.8, 4) is 0 Å². The quantitative estimate of drug-likeness (QED) is 0.742. The van der Waals surface area contributed by atoms with E-state index < -0.39 is 0 Å². The molecule has 0 N–H and O–H groups in total. The van der Waals surface area contributed by atoms with Gasteiger partial charge in [-0.05, 0) is 43.0 Å². The van der Waals surface area contributed by atoms with Gasteiger partial charge in [-0.3, -0.25) is 4.79 Å². The Hall–Kier alpha value is -1.35. The Morgan fingerprint density at radius 3 is 2.73 bits per heavy atom. The standard InChI is InChI=1S/C12H12O2S/c1-8-3-4-12(14-8)11(13)6-10-5-9(2)15-7-10/h3-5,7H,6H2,1-2H3. The van der Waals surface area contributed by atoms with Crippen LogP contribution in [0.2, 0.25) is 0 Å². The van der Waals surface area contributed by atoms with Crippen LogP contribution >= 0.6 is 11.3 Å². The minimum atomic E-state index is 0.0425. The first-order chi connectivity index (χ1) is 7.15. The minimum absolute atomic E-state index is 0.0425. The second kappa shape index (κ2) is 4.03. The Balaban J connectivity index is 2.10. The maximum absolute atomic E-state index is 11.7. The lowest BCUT2D eigenvalue weighted by atomic mass is 10.1. The average molecular weight is 220 g/mol. The molecule has 15 heavy (non-hydrogen) atoms. The highest BCUT2D eigenvalue weighted by molar-refractivity contribution is 7.10. The second-order valence-electron chi connectivity index (χ2n) is 3.58. The van der Waals surface area contributed by atoms with Gasteiger partial charge in [0.25, 0.3) is 0 Å². The Morgan fingerprint density at radius 1 is 1.40 bits per heavy atom. The molecular weight excluding hydrogens is 208 g/mol. The van der Waals surface area contributed by atoms with E-state index in [0.717, 1.165) is 11.3 Å². The minimum Gasteiger partial charge on any atom is -0.458 e. The number of carbonyl (C=O) groups excluding carboxylic acids is 1. The van der Waals surface area contributed by atoms with Crippen molar-refractivity contribution in [3.05, 3.63) is 45.5 Å². The van der Waals surface area contributed by atoms with Crippen LogP contribution in [0.3, 0.4) is 0 Å². The van der Waals surface area contributed by atoms with Crippen molar-refractivity contribution in [1.29, 1.82) is 0 Å². The predicted octanol–water partition coefficient (Wildman–Crippen LogP) is 3.38. The van der Waals surface area contributed by atoms with Gasteiger partial charge in [-0.15, -0.1) is 11.3 Å². The van der Waals surface area contributed by atoms with Crippen molar-refractivity contribution in [2.45, 2.75) is 20.3 Å². The van der Waals surface area contributed by atoms with E-state index in [0.29, 0.717) is 12.2 Å². The first-order valence-electron chi connectivity index (χ1n) is 4.79. The molecule has 0 aliphatic carbocycles. The molecule has 78 valence electrons. The molecular formula is C12H12O2S. The highest BCUT2D eigenvalue weighted by Gasteiger charge is 2.11. The van der Waals surface area contributed by atoms with Gasteiger partial charge < -0.3 is 4.42 Å². The van der Waals surface area contributed by atoms with Crippen LogP contribution in [0.5, 0.6) is 0 Å². The molecule has 0 unspecified atom stereocenters. The molecule has 0 aliphatic heterocycles. The van der Waals surface area contributed by atoms with E-state index >= 15 is 0 Å². The Labute approximate surface area is 92.5 Å². The first kappa shape index (κ1) is 10.2. The zero-order valence-electron chi connectivity index (χ0n) is 8.74. The van der Waals surface area contributed by atoms with E-state index in [2.05, 4.69) is 0 Å². The SMILES string of the molecule is Cc1ccc(C(=O)Cc2csc(C)c2)o1. The van der Waals surface area contributed by atoms with Crippen LogP contribution in [-0.4, -0.2) is 5.78 Å². The summed E-state index contributed by atoms with van der Waals surface area (Å²) in [5.74, 6) is 1.28. The molecule has 0 fully saturated rings. The van der Waals surface area contributed by atoms with Gasteiger partial charge in [-0.2, -0.15) is 0 Å². The van der Waals surface area contributed by atoms with Crippen molar-refractivity contribution in [2.24, 2.45) is 0 Å². The first-order valence-corrected chi connectivity index (χ1v) is 5.67. The van der Waals surface area contributed by atoms with Crippen LogP contribution in [0.25, 0.3) is 0 Å². The van der Waals surface area contributed by atoms with E-state index in [1.807, 2.05) is 31.4 Å². The number of hydrogen-bond donors (Lipinski definition) is 0. The van der Waals surface area contributed by atoms with Gasteiger partial charge in [-0.1, -0.05) is 0 Å². The Bertz CT molecular complexity index is 479. The summed E-state index contributed by atoms with van der Waals surface area (Å²) in [5, 5.41) is 2.02. The van der Waals surface area contributed by atoms with Crippen LogP contribution < -0.4 is 0 Å². The molecule has 0 saturated carbocycles. The lowest BCUT2D eigenvalue weighted by Crippen LogP contribution is -2.00. The fraction of sp³-hybridized carbons (Fsp3) is 0.250. The van der Waals surface area contributed by atoms with E-state index in [1.54, 1.807) is 17.4 Å². The van der Waals surface area contributed by atoms with Crippen molar-refractivity contribution in [1.82, 2.24) is 0 Å². The molecule has 0 atom stereocenters. The summed E-state index contributed by atoms with van der Waals surface area (Å²) in [6.07, 6.45) is 0.428. The molecule has 2 aromatic rings. The van der Waals surface area contributed by atoms with Crippen LogP contribution in [0.15, 0.2) is 28.0 Å². The van der Waals surface area contributed by atoms with Crippen molar-refractivity contribution in [3.63, 3.8) is 0 Å². The van der Waals surface area contributed by atoms with E-state index in [9.17, 15) is 4.79 Å². The van der Waals surface area contributed by atoms with E-state index in [1.165, 1.54) is 4.88 Å². The van der Waals surface area contributed by atoms with Crippen LogP contribution in [-0.2, 0) is 6.42 Å². The maximum Gasteiger partial charge on any atom is 0.202 e. The normalized spacial score (nSPS) is 10.5. The third kappa shape index (κ3) is 2.36. The third-order valence-electron chi connectivity index (χ3n) is 2.16. The summed E-state index contributed by atoms with van der Waals surface area (Å²) in [4.78, 5) is 13.0. The number of aryl methyl sites for hydroxylation is 2. The molecule has 3 heteroatoms. The average Bonchev–Trinajstić information content (AvgIpc) is 2.75. The van der Waals surface area contributed by atoms with Gasteiger partial charge in [0.1, 0.15) is 5.76 Å². The molecule has 2 aromatic heterocycles. The van der Waals surface area contributed by atoms with Crippen molar-refractivity contribution in [2.75, 3.05) is 0 Å². The molecule has 0 spiro atoms. The van der Waals surface area contributed by atoms with Crippen molar-refractivity contribution < 1.29 is 9.21 Å². The van der Waals surface area contributed by atoms with Gasteiger partial charge in [-0.25, -0.2) is 0 Å². The summed E-state index contributed by atoms with van der Waals surface area (Å²) >= 11 is 1.66. The molecule has 0 saturated heterocycles. The maximum atomic E-state index is 11.7. The molecule has 0 aromatic carbocycles. The zero-order chi connectivity index (χ0) is 10.8. The summed E-state index contributed by atoms with van der Waals surface area (Å²) in [7, 11) is 0. The molecule has 0 aliphatic rings. The number of hydrogen-bond acceptors (Lipinski definition) is 3. The van der Waals surface area contributed by atoms with Crippen LogP contribution in [0.1, 0.15) is 26.8 Å². The summed E-state index contributed by atoms with van der Waals surface area (Å²) in [5.41, 5.74) is 1.07. The number of carbonyl (C=O) groups is 1. The number of ketones is 1. The van der Waals surface area contributed by atoms with Gasteiger partial charge in [0.15, 0.2) is 5.76 Å². The Morgan fingerprint density at radius 2 is 2.20 bits per heavy atom. The fourth-order valence-corrected chi connectivity index (χ4v) is 2.16. The molecule has 0 amide bonds. The number of thiophene rings is 1. The second-order valence-corrected chi connectivity index (χ2v) is 4.69. The summed E-state index contributed by atoms with van der Waals surface area (Å²) in [6, 6.07) is 5.58. The van der Waals surface area contributed by atoms with Crippen LogP contribution in [0.4, 0.5) is 0 Å². The summed E-state index contributed by atoms with van der Waals surface area (Å²) < 4.78 is 5.28. The monoisotopic (exact) mass is 220 g/mol. The smallest absolute Gasteiger partial charge is 0.202 e. The van der Waals surface area contributed by atoms with Gasteiger partial charge in [0.2, 0.25) is 5.78 Å². The van der Waals surface area contributed by atoms with Crippen molar-refractivity contribution >= 4 is 17.1 Å². The largest absolute Gasteiger partial charge is 0.458 e. The highest BCUT2D eigenvalue weighted by Crippen LogP contribution is 2.16. The molecule has 2 rings (SSSR count). The third-order valence-corrected chi connectivity index (χ3v) is 3.07. The Kier molecular flexibility index (Phi) is 2.73. The van der Waals surface area contributed by atoms with Gasteiger partial charge in [0, 0.05) is 11.3 Å². The van der Waals surface area contributed by atoms with E-state index in [4.69, 9.17) is 4.42 Å². The zero-order valence-corrected chi connectivity index (χ0v) is 9.56. The molecule has 2 nitrogen and oxygen atoms in total.